The predicted molar refractivity (Wildman–Crippen MR) is 49.4 cm³/mol. The highest BCUT2D eigenvalue weighted by molar-refractivity contribution is 7.86. The molecule has 1 heterocycles. The monoisotopic (exact) mass is 219 g/mol. The molecule has 0 atom stereocenters. The van der Waals surface area contributed by atoms with Crippen LogP contribution < -0.4 is 0 Å². The van der Waals surface area contributed by atoms with E-state index in [1.54, 1.807) is 20.8 Å². The molecule has 1 aromatic rings. The Hall–Kier alpha value is -0.880. The Balaban J connectivity index is 3.17. The van der Waals surface area contributed by atoms with Crippen LogP contribution in [0, 0.1) is 13.8 Å². The molecule has 0 amide bonds. The molecular weight excluding hydrogens is 206 g/mol. The first-order valence-electron chi connectivity index (χ1n) is 4.20. The SMILES string of the molecule is Cc1noc(C)c1S(=O)(=O)OC(C)C. The molecule has 5 nitrogen and oxygen atoms in total. The van der Waals surface area contributed by atoms with Crippen LogP contribution in [0.25, 0.3) is 0 Å². The maximum absolute atomic E-state index is 11.6. The summed E-state index contributed by atoms with van der Waals surface area (Å²) in [5, 5.41) is 3.56. The molecule has 0 fully saturated rings. The Kier molecular flexibility index (Phi) is 2.96. The summed E-state index contributed by atoms with van der Waals surface area (Å²) in [6, 6.07) is 0. The summed E-state index contributed by atoms with van der Waals surface area (Å²) < 4.78 is 32.8. The molecule has 0 aliphatic rings. The molecule has 1 aromatic heterocycles. The number of hydrogen-bond acceptors (Lipinski definition) is 5. The van der Waals surface area contributed by atoms with Gasteiger partial charge in [-0.15, -0.1) is 0 Å². The Morgan fingerprint density at radius 2 is 1.93 bits per heavy atom. The second kappa shape index (κ2) is 3.70. The van der Waals surface area contributed by atoms with E-state index in [0.717, 1.165) is 0 Å². The van der Waals surface area contributed by atoms with Gasteiger partial charge in [-0.2, -0.15) is 8.42 Å². The molecule has 0 unspecified atom stereocenters. The van der Waals surface area contributed by atoms with Gasteiger partial charge in [0, 0.05) is 0 Å². The normalized spacial score (nSPS) is 12.4. The van der Waals surface area contributed by atoms with E-state index in [-0.39, 0.29) is 10.7 Å². The molecule has 0 aliphatic heterocycles. The van der Waals surface area contributed by atoms with Crippen LogP contribution in [0.3, 0.4) is 0 Å². The Morgan fingerprint density at radius 1 is 1.36 bits per heavy atom. The summed E-state index contributed by atoms with van der Waals surface area (Å²) in [6.45, 7) is 6.40. The minimum absolute atomic E-state index is 0.0335. The van der Waals surface area contributed by atoms with Gasteiger partial charge in [0.1, 0.15) is 5.69 Å². The van der Waals surface area contributed by atoms with E-state index in [0.29, 0.717) is 5.69 Å². The Morgan fingerprint density at radius 3 is 2.29 bits per heavy atom. The zero-order chi connectivity index (χ0) is 10.9. The number of nitrogens with zero attached hydrogens (tertiary/aromatic N) is 1. The fourth-order valence-corrected chi connectivity index (χ4v) is 2.52. The van der Waals surface area contributed by atoms with Crippen molar-refractivity contribution >= 4 is 10.1 Å². The molecule has 6 heteroatoms. The number of hydrogen-bond donors (Lipinski definition) is 0. The van der Waals surface area contributed by atoms with Gasteiger partial charge in [0.25, 0.3) is 0 Å². The van der Waals surface area contributed by atoms with Gasteiger partial charge in [0.15, 0.2) is 10.7 Å². The standard InChI is InChI=1S/C8H13NO4S/c1-5(2)13-14(10,11)8-6(3)9-12-7(8)4/h5H,1-4H3. The highest BCUT2D eigenvalue weighted by Crippen LogP contribution is 2.21. The lowest BCUT2D eigenvalue weighted by atomic mass is 10.4. The van der Waals surface area contributed by atoms with Crippen LogP contribution in [0.1, 0.15) is 25.3 Å². The third-order valence-electron chi connectivity index (χ3n) is 1.54. The second-order valence-electron chi connectivity index (χ2n) is 3.25. The van der Waals surface area contributed by atoms with E-state index >= 15 is 0 Å². The van der Waals surface area contributed by atoms with Crippen LogP contribution in [-0.4, -0.2) is 19.7 Å². The molecule has 0 radical (unpaired) electrons. The molecular formula is C8H13NO4S. The molecule has 0 saturated heterocycles. The van der Waals surface area contributed by atoms with Gasteiger partial charge < -0.3 is 4.52 Å². The molecule has 14 heavy (non-hydrogen) atoms. The van der Waals surface area contributed by atoms with Gasteiger partial charge in [-0.3, -0.25) is 4.18 Å². The molecule has 0 saturated carbocycles. The van der Waals surface area contributed by atoms with Gasteiger partial charge in [0.2, 0.25) is 0 Å². The van der Waals surface area contributed by atoms with Crippen molar-refractivity contribution in [2.24, 2.45) is 0 Å². The zero-order valence-electron chi connectivity index (χ0n) is 8.57. The predicted octanol–water partition coefficient (Wildman–Crippen LogP) is 1.41. The maximum atomic E-state index is 11.6. The van der Waals surface area contributed by atoms with Crippen LogP contribution >= 0.6 is 0 Å². The average Bonchev–Trinajstić information content (AvgIpc) is 2.27. The molecule has 0 aromatic carbocycles. The molecule has 0 spiro atoms. The van der Waals surface area contributed by atoms with Crippen LogP contribution in [0.2, 0.25) is 0 Å². The summed E-state index contributed by atoms with van der Waals surface area (Å²) in [7, 11) is -3.73. The lowest BCUT2D eigenvalue weighted by Crippen LogP contribution is -2.13. The van der Waals surface area contributed by atoms with E-state index < -0.39 is 16.2 Å². The third kappa shape index (κ3) is 2.13. The van der Waals surface area contributed by atoms with Crippen molar-refractivity contribution in [2.75, 3.05) is 0 Å². The smallest absolute Gasteiger partial charge is 0.302 e. The first-order chi connectivity index (χ1) is 6.34. The van der Waals surface area contributed by atoms with Gasteiger partial charge in [0.05, 0.1) is 6.10 Å². The first kappa shape index (κ1) is 11.2. The van der Waals surface area contributed by atoms with Crippen molar-refractivity contribution in [3.63, 3.8) is 0 Å². The van der Waals surface area contributed by atoms with Gasteiger partial charge in [-0.1, -0.05) is 5.16 Å². The highest BCUT2D eigenvalue weighted by atomic mass is 32.2. The van der Waals surface area contributed by atoms with Crippen LogP contribution in [0.4, 0.5) is 0 Å². The maximum Gasteiger partial charge on any atom is 0.302 e. The lowest BCUT2D eigenvalue weighted by molar-refractivity contribution is 0.248. The molecule has 0 N–H and O–H groups in total. The highest BCUT2D eigenvalue weighted by Gasteiger charge is 2.25. The van der Waals surface area contributed by atoms with Gasteiger partial charge in [-0.05, 0) is 27.7 Å². The summed E-state index contributed by atoms with van der Waals surface area (Å²) in [5.41, 5.74) is 0.322. The Bertz CT molecular complexity index is 399. The summed E-state index contributed by atoms with van der Waals surface area (Å²) in [4.78, 5) is 0.0335. The summed E-state index contributed by atoms with van der Waals surface area (Å²) >= 11 is 0. The molecule has 0 bridgehead atoms. The van der Waals surface area contributed by atoms with Crippen molar-refractivity contribution in [3.05, 3.63) is 11.5 Å². The fraction of sp³-hybridized carbons (Fsp3) is 0.625. The average molecular weight is 219 g/mol. The third-order valence-corrected chi connectivity index (χ3v) is 3.26. The van der Waals surface area contributed by atoms with E-state index in [2.05, 4.69) is 5.16 Å². The van der Waals surface area contributed by atoms with Gasteiger partial charge in [-0.25, -0.2) is 0 Å². The van der Waals surface area contributed by atoms with Crippen molar-refractivity contribution in [1.82, 2.24) is 5.16 Å². The van der Waals surface area contributed by atoms with Crippen LogP contribution in [0.5, 0.6) is 0 Å². The van der Waals surface area contributed by atoms with Crippen molar-refractivity contribution in [1.29, 1.82) is 0 Å². The summed E-state index contributed by atoms with van der Waals surface area (Å²) in [5.74, 6) is 0.253. The first-order valence-corrected chi connectivity index (χ1v) is 5.61. The van der Waals surface area contributed by atoms with E-state index in [1.165, 1.54) is 6.92 Å². The zero-order valence-corrected chi connectivity index (χ0v) is 9.38. The largest absolute Gasteiger partial charge is 0.360 e. The fourth-order valence-electron chi connectivity index (χ4n) is 1.13. The van der Waals surface area contributed by atoms with Crippen LogP contribution in [0.15, 0.2) is 9.42 Å². The van der Waals surface area contributed by atoms with Crippen molar-refractivity contribution in [2.45, 2.75) is 38.7 Å². The quantitative estimate of drug-likeness (QED) is 0.719. The van der Waals surface area contributed by atoms with E-state index in [4.69, 9.17) is 8.71 Å². The molecule has 0 aliphatic carbocycles. The number of aromatic nitrogens is 1. The Labute approximate surface area is 83.2 Å². The van der Waals surface area contributed by atoms with Crippen molar-refractivity contribution in [3.8, 4) is 0 Å². The van der Waals surface area contributed by atoms with Crippen molar-refractivity contribution < 1.29 is 17.1 Å². The number of aryl methyl sites for hydroxylation is 2. The topological polar surface area (TPSA) is 69.4 Å². The molecule has 80 valence electrons. The van der Waals surface area contributed by atoms with E-state index in [1.807, 2.05) is 0 Å². The number of rotatable bonds is 3. The second-order valence-corrected chi connectivity index (χ2v) is 4.76. The lowest BCUT2D eigenvalue weighted by Gasteiger charge is -2.06. The van der Waals surface area contributed by atoms with Gasteiger partial charge >= 0.3 is 10.1 Å². The molecule has 1 rings (SSSR count). The minimum Gasteiger partial charge on any atom is -0.360 e. The van der Waals surface area contributed by atoms with E-state index in [9.17, 15) is 8.42 Å². The minimum atomic E-state index is -3.73. The van der Waals surface area contributed by atoms with Crippen LogP contribution in [-0.2, 0) is 14.3 Å². The summed E-state index contributed by atoms with van der Waals surface area (Å²) in [6.07, 6.45) is -0.395.